The Morgan fingerprint density at radius 3 is 1.09 bits per heavy atom. The van der Waals surface area contributed by atoms with Crippen LogP contribution in [0.5, 0.6) is 0 Å². The van der Waals surface area contributed by atoms with E-state index in [1.165, 1.54) is 22.5 Å². The fraction of sp³-hybridized carbons (Fsp3) is 0.586. The van der Waals surface area contributed by atoms with Crippen LogP contribution in [0.2, 0.25) is 0 Å². The zero-order chi connectivity index (χ0) is 24.6. The molecule has 0 aliphatic rings. The van der Waals surface area contributed by atoms with Crippen LogP contribution in [0.4, 0.5) is 11.4 Å². The molecule has 0 unspecified atom stereocenters. The molecule has 2 aromatic carbocycles. The highest BCUT2D eigenvalue weighted by Crippen LogP contribution is 2.65. The predicted octanol–water partition coefficient (Wildman–Crippen LogP) is 8.25. The molecule has 3 heteroatoms. The van der Waals surface area contributed by atoms with Crippen molar-refractivity contribution in [2.45, 2.75) is 91.9 Å². The molecule has 0 spiro atoms. The normalized spacial score (nSPS) is 13.0. The molecule has 0 atom stereocenters. The van der Waals surface area contributed by atoms with E-state index in [0.717, 1.165) is 0 Å². The zero-order valence-electron chi connectivity index (χ0n) is 23.1. The quantitative estimate of drug-likeness (QED) is 0.349. The van der Waals surface area contributed by atoms with E-state index in [2.05, 4.69) is 131 Å². The summed E-state index contributed by atoms with van der Waals surface area (Å²) in [6, 6.07) is 14.4. The molecule has 2 rings (SSSR count). The van der Waals surface area contributed by atoms with Crippen molar-refractivity contribution < 1.29 is 0 Å². The number of aryl methyl sites for hydroxylation is 2. The van der Waals surface area contributed by atoms with E-state index >= 15 is 0 Å². The summed E-state index contributed by atoms with van der Waals surface area (Å²) >= 11 is 0. The minimum absolute atomic E-state index is 0.665. The van der Waals surface area contributed by atoms with Crippen LogP contribution in [0.3, 0.4) is 0 Å². The number of nitrogens with zero attached hydrogens (tertiary/aromatic N) is 1. The van der Waals surface area contributed by atoms with E-state index < -0.39 is 14.5 Å². The van der Waals surface area contributed by atoms with Gasteiger partial charge in [-0.2, -0.15) is 0 Å². The van der Waals surface area contributed by atoms with Gasteiger partial charge in [-0.15, -0.1) is 0 Å². The molecule has 0 aromatic heterocycles. The maximum atomic E-state index is 2.57. The summed E-state index contributed by atoms with van der Waals surface area (Å²) in [4.78, 5) is 2.54. The molecule has 0 aliphatic heterocycles. The van der Waals surface area contributed by atoms with Gasteiger partial charge in [-0.3, -0.25) is 0 Å². The van der Waals surface area contributed by atoms with Crippen molar-refractivity contribution in [3.8, 4) is 0 Å². The van der Waals surface area contributed by atoms with Gasteiger partial charge in [0.2, 0.25) is 0 Å². The van der Waals surface area contributed by atoms with Gasteiger partial charge in [0.1, 0.15) is 10.6 Å². The zero-order valence-corrected chi connectivity index (χ0v) is 24.9. The molecule has 0 amide bonds. The summed E-state index contributed by atoms with van der Waals surface area (Å²) in [5.41, 5.74) is 8.17. The van der Waals surface area contributed by atoms with Crippen molar-refractivity contribution in [3.05, 3.63) is 47.5 Å². The van der Waals surface area contributed by atoms with Gasteiger partial charge >= 0.3 is 0 Å². The number of benzene rings is 2. The Hall–Kier alpha value is -0.900. The van der Waals surface area contributed by atoms with E-state index in [0.29, 0.717) is 22.6 Å². The highest BCUT2D eigenvalue weighted by atomic mass is 31.2. The molecule has 32 heavy (non-hydrogen) atoms. The topological polar surface area (TPSA) is 3.24 Å². The van der Waals surface area contributed by atoms with E-state index in [9.17, 15) is 0 Å². The van der Waals surface area contributed by atoms with E-state index in [-0.39, 0.29) is 0 Å². The Kier molecular flexibility index (Phi) is 8.68. The van der Waals surface area contributed by atoms with Gasteiger partial charge in [-0.1, -0.05) is 12.1 Å². The summed E-state index contributed by atoms with van der Waals surface area (Å²) in [6.45, 7) is 29.0. The summed E-state index contributed by atoms with van der Waals surface area (Å²) in [7, 11) is -0.360. The van der Waals surface area contributed by atoms with Crippen molar-refractivity contribution in [2.24, 2.45) is 0 Å². The van der Waals surface area contributed by atoms with Gasteiger partial charge in [0.25, 0.3) is 0 Å². The number of hydrogen-bond donors (Lipinski definition) is 0. The summed E-state index contributed by atoms with van der Waals surface area (Å²) in [6.07, 6.45) is 0. The first-order chi connectivity index (χ1) is 14.7. The Morgan fingerprint density at radius 2 is 0.844 bits per heavy atom. The molecule has 0 saturated carbocycles. The fourth-order valence-electron chi connectivity index (χ4n) is 5.05. The third-order valence-corrected chi connectivity index (χ3v) is 19.7. The van der Waals surface area contributed by atoms with Gasteiger partial charge in [-0.05, 0) is 105 Å². The minimum atomic E-state index is -1.34. The van der Waals surface area contributed by atoms with Gasteiger partial charge in [-0.25, -0.2) is 0 Å². The third kappa shape index (κ3) is 4.81. The standard InChI is InChI=1S/C29H49NP2/c1-20(2)31(12,21(3)4)28-16-14-24(9)18-26(28)30(11)27-19-25(10)15-17-29(27)32(13,22(5)6)23(7)8/h14-23H,1-13H3/q+2. The van der Waals surface area contributed by atoms with Gasteiger partial charge in [0.15, 0.2) is 0 Å². The van der Waals surface area contributed by atoms with Crippen molar-refractivity contribution in [2.75, 3.05) is 25.3 Å². The van der Waals surface area contributed by atoms with Gasteiger partial charge in [0.05, 0.1) is 61.9 Å². The van der Waals surface area contributed by atoms with Crippen LogP contribution in [-0.2, 0) is 0 Å². The Bertz CT molecular complexity index is 835. The summed E-state index contributed by atoms with van der Waals surface area (Å²) in [5, 5.41) is 3.16. The largest absolute Gasteiger partial charge is 0.338 e. The van der Waals surface area contributed by atoms with Crippen LogP contribution >= 0.6 is 14.5 Å². The second kappa shape index (κ2) is 10.2. The predicted molar refractivity (Wildman–Crippen MR) is 156 cm³/mol. The average molecular weight is 474 g/mol. The summed E-state index contributed by atoms with van der Waals surface area (Å²) in [5.74, 6) is 0. The van der Waals surface area contributed by atoms with Gasteiger partial charge < -0.3 is 4.90 Å². The van der Waals surface area contributed by atoms with E-state index in [1.54, 1.807) is 10.6 Å². The molecular weight excluding hydrogens is 424 g/mol. The molecule has 0 N–H and O–H groups in total. The summed E-state index contributed by atoms with van der Waals surface area (Å²) < 4.78 is 0. The maximum Gasteiger partial charge on any atom is 0.118 e. The second-order valence-corrected chi connectivity index (χ2v) is 20.9. The van der Waals surface area contributed by atoms with Crippen LogP contribution in [0.25, 0.3) is 0 Å². The third-order valence-electron chi connectivity index (χ3n) is 8.31. The number of hydrogen-bond acceptors (Lipinski definition) is 1. The lowest BCUT2D eigenvalue weighted by Crippen LogP contribution is -2.33. The van der Waals surface area contributed by atoms with Gasteiger partial charge in [0, 0.05) is 7.05 Å². The molecule has 178 valence electrons. The minimum Gasteiger partial charge on any atom is -0.338 e. The fourth-order valence-corrected chi connectivity index (χ4v) is 11.9. The lowest BCUT2D eigenvalue weighted by atomic mass is 10.1. The number of anilines is 2. The molecule has 0 saturated heterocycles. The van der Waals surface area contributed by atoms with E-state index in [4.69, 9.17) is 0 Å². The van der Waals surface area contributed by atoms with Crippen molar-refractivity contribution in [1.82, 2.24) is 0 Å². The highest BCUT2D eigenvalue weighted by Gasteiger charge is 2.46. The molecule has 1 nitrogen and oxygen atoms in total. The molecule has 0 bridgehead atoms. The first kappa shape index (κ1) is 27.3. The molecule has 0 heterocycles. The van der Waals surface area contributed by atoms with Crippen LogP contribution < -0.4 is 15.5 Å². The van der Waals surface area contributed by atoms with Crippen LogP contribution in [0, 0.1) is 13.8 Å². The first-order valence-electron chi connectivity index (χ1n) is 12.4. The van der Waals surface area contributed by atoms with Crippen LogP contribution in [-0.4, -0.2) is 43.0 Å². The Labute approximate surface area is 201 Å². The molecule has 0 aliphatic carbocycles. The maximum absolute atomic E-state index is 2.57. The highest BCUT2D eigenvalue weighted by molar-refractivity contribution is 7.84. The lowest BCUT2D eigenvalue weighted by molar-refractivity contribution is 0.996. The first-order valence-corrected chi connectivity index (χ1v) is 17.1. The Balaban J connectivity index is 2.85. The van der Waals surface area contributed by atoms with Crippen molar-refractivity contribution in [3.63, 3.8) is 0 Å². The van der Waals surface area contributed by atoms with Crippen LogP contribution in [0.1, 0.15) is 66.5 Å². The Morgan fingerprint density at radius 1 is 0.562 bits per heavy atom. The monoisotopic (exact) mass is 473 g/mol. The van der Waals surface area contributed by atoms with E-state index in [1.807, 2.05) is 0 Å². The van der Waals surface area contributed by atoms with Crippen molar-refractivity contribution >= 4 is 36.5 Å². The second-order valence-electron chi connectivity index (χ2n) is 11.2. The SMILES string of the molecule is Cc1ccc([P+](C)(C(C)C)C(C)C)c(N(C)c2cc(C)ccc2[P+](C)(C(C)C)C(C)C)c1. The smallest absolute Gasteiger partial charge is 0.118 e. The molecule has 0 fully saturated rings. The molecular formula is C29H49NP2+2. The number of rotatable bonds is 8. The molecule has 2 aromatic rings. The van der Waals surface area contributed by atoms with Crippen LogP contribution in [0.15, 0.2) is 36.4 Å². The average Bonchev–Trinajstić information content (AvgIpc) is 2.71. The van der Waals surface area contributed by atoms with Crippen molar-refractivity contribution in [1.29, 1.82) is 0 Å². The molecule has 0 radical (unpaired) electrons. The lowest BCUT2D eigenvalue weighted by Gasteiger charge is -2.37.